The van der Waals surface area contributed by atoms with Crippen LogP contribution in [0.1, 0.15) is 25.1 Å². The van der Waals surface area contributed by atoms with Crippen molar-refractivity contribution in [2.45, 2.75) is 19.4 Å². The highest BCUT2D eigenvalue weighted by atomic mass is 79.9. The van der Waals surface area contributed by atoms with Crippen molar-refractivity contribution in [3.05, 3.63) is 22.6 Å². The normalized spacial score (nSPS) is 13.1. The average Bonchev–Trinajstić information content (AvgIpc) is 2.60. The second kappa shape index (κ2) is 6.53. The van der Waals surface area contributed by atoms with E-state index < -0.39 is 0 Å². The predicted molar refractivity (Wildman–Crippen MR) is 65.8 cm³/mol. The summed E-state index contributed by atoms with van der Waals surface area (Å²) in [5, 5.41) is 3.26. The molecule has 1 rings (SSSR count). The number of hydrogen-bond acceptors (Lipinski definition) is 3. The standard InChI is InChI=1S/C10H16BrNOS/c1-3-6-14-7-9(12-2)10-8(11)4-5-13-10/h4-5,9,12H,3,6-7H2,1-2H3. The maximum absolute atomic E-state index is 5.43. The lowest BCUT2D eigenvalue weighted by Crippen LogP contribution is -2.18. The number of thioether (sulfide) groups is 1. The van der Waals surface area contributed by atoms with Crippen LogP contribution in [0, 0.1) is 0 Å². The van der Waals surface area contributed by atoms with E-state index in [0.29, 0.717) is 6.04 Å². The minimum absolute atomic E-state index is 0.302. The summed E-state index contributed by atoms with van der Waals surface area (Å²) in [6.45, 7) is 2.20. The highest BCUT2D eigenvalue weighted by Crippen LogP contribution is 2.26. The molecule has 1 atom stereocenters. The molecule has 80 valence electrons. The van der Waals surface area contributed by atoms with Gasteiger partial charge in [0.15, 0.2) is 0 Å². The fourth-order valence-electron chi connectivity index (χ4n) is 1.19. The number of rotatable bonds is 6. The molecule has 1 heterocycles. The molecule has 4 heteroatoms. The predicted octanol–water partition coefficient (Wildman–Crippen LogP) is 3.45. The molecule has 1 aromatic rings. The van der Waals surface area contributed by atoms with Gasteiger partial charge >= 0.3 is 0 Å². The zero-order chi connectivity index (χ0) is 10.4. The van der Waals surface area contributed by atoms with Gasteiger partial charge in [-0.3, -0.25) is 0 Å². The van der Waals surface area contributed by atoms with Gasteiger partial charge in [0.1, 0.15) is 5.76 Å². The van der Waals surface area contributed by atoms with E-state index in [1.165, 1.54) is 12.2 Å². The summed E-state index contributed by atoms with van der Waals surface area (Å²) in [5.74, 6) is 3.25. The van der Waals surface area contributed by atoms with Crippen LogP contribution in [0.3, 0.4) is 0 Å². The van der Waals surface area contributed by atoms with Crippen molar-refractivity contribution in [1.29, 1.82) is 0 Å². The van der Waals surface area contributed by atoms with Crippen LogP contribution in [0.15, 0.2) is 21.2 Å². The Balaban J connectivity index is 2.50. The zero-order valence-electron chi connectivity index (χ0n) is 8.55. The van der Waals surface area contributed by atoms with E-state index in [-0.39, 0.29) is 0 Å². The van der Waals surface area contributed by atoms with Crippen LogP contribution >= 0.6 is 27.7 Å². The molecule has 2 nitrogen and oxygen atoms in total. The molecule has 0 aliphatic heterocycles. The summed E-state index contributed by atoms with van der Waals surface area (Å²) < 4.78 is 6.48. The Labute approximate surface area is 98.0 Å². The lowest BCUT2D eigenvalue weighted by molar-refractivity contribution is 0.450. The summed E-state index contributed by atoms with van der Waals surface area (Å²) in [7, 11) is 1.96. The van der Waals surface area contributed by atoms with Crippen LogP contribution in [0.2, 0.25) is 0 Å². The van der Waals surface area contributed by atoms with Crippen molar-refractivity contribution in [3.63, 3.8) is 0 Å². The Bertz CT molecular complexity index is 264. The molecule has 0 fully saturated rings. The molecule has 1 N–H and O–H groups in total. The molecule has 14 heavy (non-hydrogen) atoms. The van der Waals surface area contributed by atoms with Crippen molar-refractivity contribution in [2.75, 3.05) is 18.6 Å². The first kappa shape index (κ1) is 12.1. The number of hydrogen-bond donors (Lipinski definition) is 1. The molecule has 0 saturated heterocycles. The van der Waals surface area contributed by atoms with Gasteiger partial charge in [0, 0.05) is 5.75 Å². The summed E-state index contributed by atoms with van der Waals surface area (Å²) in [6.07, 6.45) is 2.94. The molecule has 0 spiro atoms. The van der Waals surface area contributed by atoms with Gasteiger partial charge in [-0.15, -0.1) is 0 Å². The SMILES string of the molecule is CCCSCC(NC)c1occc1Br. The second-order valence-electron chi connectivity index (χ2n) is 3.05. The Morgan fingerprint density at radius 3 is 2.93 bits per heavy atom. The first-order chi connectivity index (χ1) is 6.79. The highest BCUT2D eigenvalue weighted by Gasteiger charge is 2.15. The van der Waals surface area contributed by atoms with Crippen LogP contribution in [-0.2, 0) is 0 Å². The fraction of sp³-hybridized carbons (Fsp3) is 0.600. The monoisotopic (exact) mass is 277 g/mol. The van der Waals surface area contributed by atoms with Crippen molar-refractivity contribution in [3.8, 4) is 0 Å². The largest absolute Gasteiger partial charge is 0.466 e. The summed E-state index contributed by atoms with van der Waals surface area (Å²) in [5.41, 5.74) is 0. The maximum atomic E-state index is 5.43. The van der Waals surface area contributed by atoms with Crippen molar-refractivity contribution in [1.82, 2.24) is 5.32 Å². The molecule has 0 radical (unpaired) electrons. The van der Waals surface area contributed by atoms with E-state index in [9.17, 15) is 0 Å². The maximum Gasteiger partial charge on any atom is 0.135 e. The molecular weight excluding hydrogens is 262 g/mol. The van der Waals surface area contributed by atoms with Gasteiger partial charge in [-0.05, 0) is 41.2 Å². The third-order valence-corrected chi connectivity index (χ3v) is 3.86. The van der Waals surface area contributed by atoms with E-state index in [0.717, 1.165) is 16.0 Å². The van der Waals surface area contributed by atoms with E-state index in [2.05, 4.69) is 28.2 Å². The second-order valence-corrected chi connectivity index (χ2v) is 5.05. The summed E-state index contributed by atoms with van der Waals surface area (Å²) >= 11 is 5.42. The minimum atomic E-state index is 0.302. The first-order valence-corrected chi connectivity index (χ1v) is 6.72. The molecule has 0 saturated carbocycles. The molecule has 0 aliphatic rings. The van der Waals surface area contributed by atoms with Crippen molar-refractivity contribution >= 4 is 27.7 Å². The average molecular weight is 278 g/mol. The third-order valence-electron chi connectivity index (χ3n) is 1.94. The molecule has 1 aromatic heterocycles. The Hall–Kier alpha value is 0.0700. The van der Waals surface area contributed by atoms with Crippen LogP contribution in [0.25, 0.3) is 0 Å². The van der Waals surface area contributed by atoms with E-state index in [1.807, 2.05) is 24.9 Å². The highest BCUT2D eigenvalue weighted by molar-refractivity contribution is 9.10. The van der Waals surface area contributed by atoms with Gasteiger partial charge in [-0.25, -0.2) is 0 Å². The van der Waals surface area contributed by atoms with Gasteiger partial charge < -0.3 is 9.73 Å². The van der Waals surface area contributed by atoms with Crippen LogP contribution < -0.4 is 5.32 Å². The van der Waals surface area contributed by atoms with Crippen molar-refractivity contribution < 1.29 is 4.42 Å². The third kappa shape index (κ3) is 3.33. The fourth-order valence-corrected chi connectivity index (χ4v) is 2.68. The molecule has 1 unspecified atom stereocenters. The van der Waals surface area contributed by atoms with E-state index in [4.69, 9.17) is 4.42 Å². The smallest absolute Gasteiger partial charge is 0.135 e. The lowest BCUT2D eigenvalue weighted by Gasteiger charge is -2.13. The Morgan fingerprint density at radius 2 is 2.43 bits per heavy atom. The summed E-state index contributed by atoms with van der Waals surface area (Å²) in [4.78, 5) is 0. The molecule has 0 amide bonds. The van der Waals surface area contributed by atoms with Crippen LogP contribution in [-0.4, -0.2) is 18.6 Å². The van der Waals surface area contributed by atoms with E-state index >= 15 is 0 Å². The molecular formula is C10H16BrNOS. The van der Waals surface area contributed by atoms with Crippen LogP contribution in [0.4, 0.5) is 0 Å². The molecule has 0 aromatic carbocycles. The summed E-state index contributed by atoms with van der Waals surface area (Å²) in [6, 6.07) is 2.24. The van der Waals surface area contributed by atoms with Gasteiger partial charge in [0.2, 0.25) is 0 Å². The number of halogens is 1. The minimum Gasteiger partial charge on any atom is -0.466 e. The number of nitrogens with one attached hydrogen (secondary N) is 1. The Morgan fingerprint density at radius 1 is 1.64 bits per heavy atom. The van der Waals surface area contributed by atoms with Crippen LogP contribution in [0.5, 0.6) is 0 Å². The topological polar surface area (TPSA) is 25.2 Å². The molecule has 0 aliphatic carbocycles. The first-order valence-electron chi connectivity index (χ1n) is 4.77. The van der Waals surface area contributed by atoms with E-state index in [1.54, 1.807) is 6.26 Å². The quantitative estimate of drug-likeness (QED) is 0.807. The number of furan rings is 1. The van der Waals surface area contributed by atoms with Crippen molar-refractivity contribution in [2.24, 2.45) is 0 Å². The van der Waals surface area contributed by atoms with Gasteiger partial charge in [-0.1, -0.05) is 6.92 Å². The lowest BCUT2D eigenvalue weighted by atomic mass is 10.2. The van der Waals surface area contributed by atoms with Gasteiger partial charge in [-0.2, -0.15) is 11.8 Å². The Kier molecular flexibility index (Phi) is 5.67. The van der Waals surface area contributed by atoms with Gasteiger partial charge in [0.05, 0.1) is 16.8 Å². The zero-order valence-corrected chi connectivity index (χ0v) is 11.0. The molecule has 0 bridgehead atoms. The van der Waals surface area contributed by atoms with Gasteiger partial charge in [0.25, 0.3) is 0 Å².